The highest BCUT2D eigenvalue weighted by Crippen LogP contribution is 2.21. The van der Waals surface area contributed by atoms with Gasteiger partial charge in [0.25, 0.3) is 10.2 Å². The lowest BCUT2D eigenvalue weighted by Gasteiger charge is -2.08. The van der Waals surface area contributed by atoms with Gasteiger partial charge in [0.2, 0.25) is 0 Å². The lowest BCUT2D eigenvalue weighted by atomic mass is 10.0. The molecule has 1 heterocycles. The van der Waals surface area contributed by atoms with Crippen LogP contribution in [0.2, 0.25) is 0 Å². The molecule has 0 saturated heterocycles. The molecule has 0 atom stereocenters. The van der Waals surface area contributed by atoms with Crippen LogP contribution in [0, 0.1) is 13.8 Å². The summed E-state index contributed by atoms with van der Waals surface area (Å²) in [6.07, 6.45) is 5.09. The van der Waals surface area contributed by atoms with Gasteiger partial charge in [-0.15, -0.1) is 0 Å². The normalized spacial score (nSPS) is 12.0. The Hall–Kier alpha value is -1.57. The molecule has 1 aromatic heterocycles. The Bertz CT molecular complexity index is 759. The summed E-state index contributed by atoms with van der Waals surface area (Å²) in [5, 5.41) is 5.98. The molecule has 0 aliphatic heterocycles. The molecule has 0 fully saturated rings. The largest absolute Gasteiger partial charge is 0.274 e. The van der Waals surface area contributed by atoms with Crippen molar-refractivity contribution in [2.24, 2.45) is 5.14 Å². The van der Waals surface area contributed by atoms with Crippen molar-refractivity contribution in [3.63, 3.8) is 0 Å². The van der Waals surface area contributed by atoms with Gasteiger partial charge in [0, 0.05) is 11.9 Å². The summed E-state index contributed by atoms with van der Waals surface area (Å²) in [6, 6.07) is 4.23. The van der Waals surface area contributed by atoms with Gasteiger partial charge < -0.3 is 0 Å². The van der Waals surface area contributed by atoms with E-state index in [1.165, 1.54) is 11.1 Å². The van der Waals surface area contributed by atoms with Crippen LogP contribution in [0.4, 0.5) is 0 Å². The fourth-order valence-corrected chi connectivity index (χ4v) is 2.81. The molecule has 0 aliphatic rings. The van der Waals surface area contributed by atoms with Crippen molar-refractivity contribution < 1.29 is 8.42 Å². The van der Waals surface area contributed by atoms with E-state index >= 15 is 0 Å². The van der Waals surface area contributed by atoms with Gasteiger partial charge in [0.15, 0.2) is 0 Å². The van der Waals surface area contributed by atoms with E-state index in [1.807, 2.05) is 0 Å². The van der Waals surface area contributed by atoms with Crippen LogP contribution < -0.4 is 9.86 Å². The standard InChI is InChI=1S/C15H22N4O2S/c1-11-8-13-14(17-10-18-15(13)9-12(11)2)6-4-3-5-7-19-22(16,20)21/h8-10,19H,3-7H2,1-2H3,(H2,16,20,21). The number of nitrogens with two attached hydrogens (primary N) is 1. The van der Waals surface area contributed by atoms with Crippen LogP contribution in [0.1, 0.15) is 36.1 Å². The predicted molar refractivity (Wildman–Crippen MR) is 87.7 cm³/mol. The zero-order valence-corrected chi connectivity index (χ0v) is 13.8. The number of hydrogen-bond acceptors (Lipinski definition) is 4. The highest BCUT2D eigenvalue weighted by molar-refractivity contribution is 7.87. The zero-order valence-electron chi connectivity index (χ0n) is 13.0. The molecule has 0 bridgehead atoms. The van der Waals surface area contributed by atoms with Gasteiger partial charge in [-0.1, -0.05) is 6.42 Å². The summed E-state index contributed by atoms with van der Waals surface area (Å²) >= 11 is 0. The number of aryl methyl sites for hydroxylation is 3. The van der Waals surface area contributed by atoms with Crippen molar-refractivity contribution in [3.05, 3.63) is 35.3 Å². The average Bonchev–Trinajstić information content (AvgIpc) is 2.43. The van der Waals surface area contributed by atoms with Crippen molar-refractivity contribution in [1.82, 2.24) is 14.7 Å². The second-order valence-electron chi connectivity index (χ2n) is 5.52. The summed E-state index contributed by atoms with van der Waals surface area (Å²) in [6.45, 7) is 4.54. The monoisotopic (exact) mass is 322 g/mol. The smallest absolute Gasteiger partial charge is 0.241 e. The molecule has 120 valence electrons. The van der Waals surface area contributed by atoms with Gasteiger partial charge in [-0.2, -0.15) is 8.42 Å². The number of rotatable bonds is 7. The first kappa shape index (κ1) is 16.8. The minimum Gasteiger partial charge on any atom is -0.241 e. The van der Waals surface area contributed by atoms with Crippen molar-refractivity contribution in [1.29, 1.82) is 0 Å². The van der Waals surface area contributed by atoms with Crippen LogP contribution in [-0.2, 0) is 16.6 Å². The van der Waals surface area contributed by atoms with Gasteiger partial charge in [-0.3, -0.25) is 0 Å². The maximum atomic E-state index is 10.7. The lowest BCUT2D eigenvalue weighted by Crippen LogP contribution is -2.31. The van der Waals surface area contributed by atoms with Crippen LogP contribution in [0.3, 0.4) is 0 Å². The van der Waals surface area contributed by atoms with E-state index in [9.17, 15) is 8.42 Å². The molecule has 0 saturated carbocycles. The highest BCUT2D eigenvalue weighted by atomic mass is 32.2. The number of hydrogen-bond donors (Lipinski definition) is 2. The van der Waals surface area contributed by atoms with E-state index in [1.54, 1.807) is 6.33 Å². The molecule has 1 aromatic carbocycles. The number of aromatic nitrogens is 2. The summed E-state index contributed by atoms with van der Waals surface area (Å²) < 4.78 is 23.8. The molecular formula is C15H22N4O2S. The molecule has 2 rings (SSSR count). The third kappa shape index (κ3) is 4.72. The Morgan fingerprint density at radius 3 is 2.55 bits per heavy atom. The van der Waals surface area contributed by atoms with Crippen LogP contribution in [0.25, 0.3) is 10.9 Å². The summed E-state index contributed by atoms with van der Waals surface area (Å²) in [7, 11) is -3.57. The summed E-state index contributed by atoms with van der Waals surface area (Å²) in [4.78, 5) is 8.72. The molecule has 0 unspecified atom stereocenters. The molecular weight excluding hydrogens is 300 g/mol. The molecule has 0 radical (unpaired) electrons. The Balaban J connectivity index is 1.93. The summed E-state index contributed by atoms with van der Waals surface area (Å²) in [5.41, 5.74) is 4.49. The molecule has 3 N–H and O–H groups in total. The Morgan fingerprint density at radius 2 is 1.82 bits per heavy atom. The van der Waals surface area contributed by atoms with Gasteiger partial charge in [-0.25, -0.2) is 19.8 Å². The maximum Gasteiger partial charge on any atom is 0.274 e. The fraction of sp³-hybridized carbons (Fsp3) is 0.467. The van der Waals surface area contributed by atoms with Gasteiger partial charge in [0.1, 0.15) is 6.33 Å². The van der Waals surface area contributed by atoms with Crippen LogP contribution >= 0.6 is 0 Å². The summed E-state index contributed by atoms with van der Waals surface area (Å²) in [5.74, 6) is 0. The van der Waals surface area contributed by atoms with Gasteiger partial charge >= 0.3 is 0 Å². The Labute approximate surface area is 131 Å². The predicted octanol–water partition coefficient (Wildman–Crippen LogP) is 1.75. The number of benzene rings is 1. The maximum absolute atomic E-state index is 10.7. The second-order valence-corrected chi connectivity index (χ2v) is 6.90. The Kier molecular flexibility index (Phi) is 5.44. The number of nitrogens with one attached hydrogen (secondary N) is 1. The number of unbranched alkanes of at least 4 members (excludes halogenated alkanes) is 2. The van der Waals surface area contributed by atoms with Crippen molar-refractivity contribution >= 4 is 21.1 Å². The zero-order chi connectivity index (χ0) is 16.2. The molecule has 22 heavy (non-hydrogen) atoms. The molecule has 0 amide bonds. The third-order valence-corrected chi connectivity index (χ3v) is 4.33. The van der Waals surface area contributed by atoms with E-state index in [2.05, 4.69) is 40.7 Å². The van der Waals surface area contributed by atoms with Gasteiger partial charge in [0.05, 0.1) is 11.2 Å². The molecule has 0 spiro atoms. The Morgan fingerprint density at radius 1 is 1.09 bits per heavy atom. The minimum atomic E-state index is -3.57. The van der Waals surface area contributed by atoms with E-state index in [-0.39, 0.29) is 0 Å². The molecule has 6 nitrogen and oxygen atoms in total. The van der Waals surface area contributed by atoms with Gasteiger partial charge in [-0.05, 0) is 56.4 Å². The van der Waals surface area contributed by atoms with Crippen molar-refractivity contribution in [3.8, 4) is 0 Å². The van der Waals surface area contributed by atoms with Crippen LogP contribution in [0.5, 0.6) is 0 Å². The first-order valence-corrected chi connectivity index (χ1v) is 8.89. The van der Waals surface area contributed by atoms with E-state index in [4.69, 9.17) is 5.14 Å². The number of nitrogens with zero attached hydrogens (tertiary/aromatic N) is 2. The second kappa shape index (κ2) is 7.13. The fourth-order valence-electron chi connectivity index (χ4n) is 2.38. The van der Waals surface area contributed by atoms with E-state index in [0.717, 1.165) is 42.3 Å². The average molecular weight is 322 g/mol. The highest BCUT2D eigenvalue weighted by Gasteiger charge is 2.06. The molecule has 7 heteroatoms. The van der Waals surface area contributed by atoms with Crippen molar-refractivity contribution in [2.45, 2.75) is 39.5 Å². The molecule has 0 aliphatic carbocycles. The van der Waals surface area contributed by atoms with E-state index in [0.29, 0.717) is 6.54 Å². The quantitative estimate of drug-likeness (QED) is 0.759. The number of fused-ring (bicyclic) bond motifs is 1. The van der Waals surface area contributed by atoms with Crippen molar-refractivity contribution in [2.75, 3.05) is 6.54 Å². The van der Waals surface area contributed by atoms with Crippen LogP contribution in [-0.4, -0.2) is 24.9 Å². The first-order chi connectivity index (χ1) is 10.4. The van der Waals surface area contributed by atoms with E-state index < -0.39 is 10.2 Å². The SMILES string of the molecule is Cc1cc2ncnc(CCCCCNS(N)(=O)=O)c2cc1C. The lowest BCUT2D eigenvalue weighted by molar-refractivity contribution is 0.575. The molecule has 2 aromatic rings. The minimum absolute atomic E-state index is 0.377. The topological polar surface area (TPSA) is 98.0 Å². The third-order valence-electron chi connectivity index (χ3n) is 3.73. The first-order valence-electron chi connectivity index (χ1n) is 7.35. The van der Waals surface area contributed by atoms with Crippen LogP contribution in [0.15, 0.2) is 18.5 Å².